The zero-order valence-electron chi connectivity index (χ0n) is 8.38. The highest BCUT2D eigenvalue weighted by molar-refractivity contribution is 5.94. The van der Waals surface area contributed by atoms with Crippen molar-refractivity contribution in [3.8, 4) is 0 Å². The molecule has 0 saturated carbocycles. The Bertz CT molecular complexity index is 400. The van der Waals surface area contributed by atoms with Crippen molar-refractivity contribution in [2.75, 3.05) is 6.54 Å². The maximum Gasteiger partial charge on any atom is 0.269 e. The van der Waals surface area contributed by atoms with Crippen molar-refractivity contribution in [3.05, 3.63) is 39.9 Å². The molecule has 0 spiro atoms. The Morgan fingerprint density at radius 2 is 2.00 bits per heavy atom. The first kappa shape index (κ1) is 11.8. The molecule has 16 heavy (non-hydrogen) atoms. The monoisotopic (exact) mass is 222 g/mol. The van der Waals surface area contributed by atoms with E-state index in [0.717, 1.165) is 0 Å². The van der Waals surface area contributed by atoms with Crippen LogP contribution in [0.15, 0.2) is 24.3 Å². The van der Waals surface area contributed by atoms with Crippen molar-refractivity contribution in [1.29, 1.82) is 0 Å². The molecule has 6 nitrogen and oxygen atoms in total. The van der Waals surface area contributed by atoms with Gasteiger partial charge in [-0.2, -0.15) is 0 Å². The lowest BCUT2D eigenvalue weighted by Gasteiger charge is -2.02. The van der Waals surface area contributed by atoms with Gasteiger partial charge >= 0.3 is 0 Å². The third-order valence-electron chi connectivity index (χ3n) is 1.89. The van der Waals surface area contributed by atoms with E-state index >= 15 is 0 Å². The maximum absolute atomic E-state index is 11.4. The zero-order chi connectivity index (χ0) is 12.0. The minimum Gasteiger partial charge on any atom is -0.352 e. The summed E-state index contributed by atoms with van der Waals surface area (Å²) in [4.78, 5) is 31.2. The number of aldehydes is 1. The molecular weight excluding hydrogens is 212 g/mol. The Morgan fingerprint density at radius 1 is 1.38 bits per heavy atom. The van der Waals surface area contributed by atoms with Crippen LogP contribution < -0.4 is 5.32 Å². The van der Waals surface area contributed by atoms with Crippen LogP contribution in [0, 0.1) is 10.1 Å². The molecule has 0 aliphatic carbocycles. The van der Waals surface area contributed by atoms with E-state index in [9.17, 15) is 19.7 Å². The molecule has 0 aromatic heterocycles. The molecule has 0 saturated heterocycles. The first-order valence-corrected chi connectivity index (χ1v) is 4.61. The standard InChI is InChI=1S/C10H10N2O4/c13-7-1-6-11-10(14)8-2-4-9(5-3-8)12(15)16/h2-5,7H,1,6H2,(H,11,14). The zero-order valence-corrected chi connectivity index (χ0v) is 8.38. The number of nitrogens with zero attached hydrogens (tertiary/aromatic N) is 1. The van der Waals surface area contributed by atoms with Gasteiger partial charge in [-0.05, 0) is 12.1 Å². The number of hydrogen-bond donors (Lipinski definition) is 1. The molecule has 0 heterocycles. The van der Waals surface area contributed by atoms with E-state index in [1.165, 1.54) is 24.3 Å². The van der Waals surface area contributed by atoms with E-state index < -0.39 is 4.92 Å². The second-order valence-electron chi connectivity index (χ2n) is 3.02. The summed E-state index contributed by atoms with van der Waals surface area (Å²) in [7, 11) is 0. The van der Waals surface area contributed by atoms with Gasteiger partial charge in [0.2, 0.25) is 0 Å². The largest absolute Gasteiger partial charge is 0.352 e. The minimum atomic E-state index is -0.534. The summed E-state index contributed by atoms with van der Waals surface area (Å²) in [5, 5.41) is 12.9. The summed E-state index contributed by atoms with van der Waals surface area (Å²) in [6, 6.07) is 5.26. The molecule has 0 bridgehead atoms. The number of nitro benzene ring substituents is 1. The number of rotatable bonds is 5. The lowest BCUT2D eigenvalue weighted by Crippen LogP contribution is -2.24. The van der Waals surface area contributed by atoms with Crippen molar-refractivity contribution in [2.24, 2.45) is 0 Å². The van der Waals surface area contributed by atoms with Gasteiger partial charge in [-0.25, -0.2) is 0 Å². The summed E-state index contributed by atoms with van der Waals surface area (Å²) < 4.78 is 0. The lowest BCUT2D eigenvalue weighted by atomic mass is 10.2. The fraction of sp³-hybridized carbons (Fsp3) is 0.200. The van der Waals surface area contributed by atoms with Crippen LogP contribution in [0.3, 0.4) is 0 Å². The van der Waals surface area contributed by atoms with Crippen molar-refractivity contribution in [2.45, 2.75) is 6.42 Å². The predicted octanol–water partition coefficient (Wildman–Crippen LogP) is 0.914. The number of benzene rings is 1. The molecule has 1 aromatic rings. The van der Waals surface area contributed by atoms with E-state index in [-0.39, 0.29) is 24.6 Å². The minimum absolute atomic E-state index is 0.0653. The Hall–Kier alpha value is -2.24. The molecule has 0 unspecified atom stereocenters. The quantitative estimate of drug-likeness (QED) is 0.347. The van der Waals surface area contributed by atoms with E-state index in [2.05, 4.69) is 5.32 Å². The Labute approximate surface area is 91.4 Å². The van der Waals surface area contributed by atoms with Gasteiger partial charge in [0, 0.05) is 30.7 Å². The highest BCUT2D eigenvalue weighted by Gasteiger charge is 2.08. The fourth-order valence-corrected chi connectivity index (χ4v) is 1.08. The molecule has 1 rings (SSSR count). The van der Waals surface area contributed by atoms with Crippen molar-refractivity contribution in [3.63, 3.8) is 0 Å². The van der Waals surface area contributed by atoms with Crippen LogP contribution in [-0.4, -0.2) is 23.7 Å². The summed E-state index contributed by atoms with van der Waals surface area (Å²) in [6.07, 6.45) is 0.953. The van der Waals surface area contributed by atoms with Crippen LogP contribution in [-0.2, 0) is 4.79 Å². The van der Waals surface area contributed by atoms with Gasteiger partial charge in [0.15, 0.2) is 0 Å². The molecule has 0 aliphatic rings. The van der Waals surface area contributed by atoms with Gasteiger partial charge < -0.3 is 10.1 Å². The number of hydrogen-bond acceptors (Lipinski definition) is 4. The highest BCUT2D eigenvalue weighted by atomic mass is 16.6. The third kappa shape index (κ3) is 3.16. The van der Waals surface area contributed by atoms with Crippen molar-refractivity contribution < 1.29 is 14.5 Å². The van der Waals surface area contributed by atoms with Crippen LogP contribution in [0.2, 0.25) is 0 Å². The summed E-state index contributed by atoms with van der Waals surface area (Å²) in [5.41, 5.74) is 0.265. The van der Waals surface area contributed by atoms with Crippen LogP contribution >= 0.6 is 0 Å². The molecule has 0 fully saturated rings. The number of nitrogens with one attached hydrogen (secondary N) is 1. The lowest BCUT2D eigenvalue weighted by molar-refractivity contribution is -0.384. The molecule has 84 valence electrons. The van der Waals surface area contributed by atoms with Gasteiger partial charge in [0.25, 0.3) is 11.6 Å². The van der Waals surface area contributed by atoms with E-state index in [0.29, 0.717) is 11.8 Å². The van der Waals surface area contributed by atoms with Gasteiger partial charge in [0.05, 0.1) is 4.92 Å². The predicted molar refractivity (Wildman–Crippen MR) is 56.1 cm³/mol. The van der Waals surface area contributed by atoms with Crippen molar-refractivity contribution >= 4 is 17.9 Å². The van der Waals surface area contributed by atoms with Crippen molar-refractivity contribution in [1.82, 2.24) is 5.32 Å². The van der Waals surface area contributed by atoms with Gasteiger partial charge in [0.1, 0.15) is 6.29 Å². The van der Waals surface area contributed by atoms with Crippen LogP contribution in [0.5, 0.6) is 0 Å². The highest BCUT2D eigenvalue weighted by Crippen LogP contribution is 2.11. The van der Waals surface area contributed by atoms with Gasteiger partial charge in [-0.3, -0.25) is 14.9 Å². The first-order chi connectivity index (χ1) is 7.65. The van der Waals surface area contributed by atoms with Crippen LogP contribution in [0.1, 0.15) is 16.8 Å². The Kier molecular flexibility index (Phi) is 4.14. The summed E-state index contributed by atoms with van der Waals surface area (Å²) in [6.45, 7) is 0.263. The van der Waals surface area contributed by atoms with Gasteiger partial charge in [-0.15, -0.1) is 0 Å². The Balaban J connectivity index is 2.63. The molecule has 6 heteroatoms. The average Bonchev–Trinajstić information content (AvgIpc) is 2.29. The van der Waals surface area contributed by atoms with E-state index in [4.69, 9.17) is 0 Å². The van der Waals surface area contributed by atoms with Crippen LogP contribution in [0.25, 0.3) is 0 Å². The second-order valence-corrected chi connectivity index (χ2v) is 3.02. The topological polar surface area (TPSA) is 89.3 Å². The normalized spacial score (nSPS) is 9.50. The van der Waals surface area contributed by atoms with E-state index in [1.807, 2.05) is 0 Å². The molecule has 0 aliphatic heterocycles. The first-order valence-electron chi connectivity index (χ1n) is 4.61. The number of carbonyl (C=O) groups is 2. The maximum atomic E-state index is 11.4. The number of carbonyl (C=O) groups excluding carboxylic acids is 2. The number of nitro groups is 1. The average molecular weight is 222 g/mol. The Morgan fingerprint density at radius 3 is 2.50 bits per heavy atom. The molecule has 0 atom stereocenters. The molecule has 1 N–H and O–H groups in total. The SMILES string of the molecule is O=CCCNC(=O)c1ccc([N+](=O)[O-])cc1. The molecule has 1 amide bonds. The molecule has 0 radical (unpaired) electrons. The number of non-ortho nitro benzene ring substituents is 1. The van der Waals surface area contributed by atoms with Crippen LogP contribution in [0.4, 0.5) is 5.69 Å². The fourth-order valence-electron chi connectivity index (χ4n) is 1.08. The van der Waals surface area contributed by atoms with Gasteiger partial charge in [-0.1, -0.05) is 0 Å². The molecule has 1 aromatic carbocycles. The molecular formula is C10H10N2O4. The summed E-state index contributed by atoms with van der Waals surface area (Å²) in [5.74, 6) is -0.350. The third-order valence-corrected chi connectivity index (χ3v) is 1.89. The summed E-state index contributed by atoms with van der Waals surface area (Å²) >= 11 is 0. The van der Waals surface area contributed by atoms with E-state index in [1.54, 1.807) is 0 Å². The second kappa shape index (κ2) is 5.59. The number of amides is 1. The smallest absolute Gasteiger partial charge is 0.269 e.